The van der Waals surface area contributed by atoms with Gasteiger partial charge in [-0.25, -0.2) is 0 Å². The molecule has 371 valence electrons. The second-order valence-electron chi connectivity index (χ2n) is 20.0. The molecule has 74 heavy (non-hydrogen) atoms. The van der Waals surface area contributed by atoms with Crippen LogP contribution >= 0.6 is 0 Å². The Hall–Kier alpha value is -7.56. The first-order valence-electron chi connectivity index (χ1n) is 25.6. The van der Waals surface area contributed by atoms with Gasteiger partial charge in [-0.3, -0.25) is 15.0 Å². The first kappa shape index (κ1) is 52.8. The Labute approximate surface area is 452 Å². The van der Waals surface area contributed by atoms with Gasteiger partial charge in [0.1, 0.15) is 0 Å². The zero-order valence-electron chi connectivity index (χ0n) is 43.6. The minimum Gasteiger partial charge on any atom is -0.515 e. The fraction of sp³-hybridized carbons (Fsp3) is 0.174. The summed E-state index contributed by atoms with van der Waals surface area (Å²) in [4.78, 5) is 13.9. The van der Waals surface area contributed by atoms with Crippen molar-refractivity contribution in [3.8, 4) is 95.2 Å². The third kappa shape index (κ3) is 11.9. The van der Waals surface area contributed by atoms with Crippen molar-refractivity contribution < 1.29 is 25.2 Å². The van der Waals surface area contributed by atoms with Crippen molar-refractivity contribution in [2.24, 2.45) is 0 Å². The van der Waals surface area contributed by atoms with E-state index in [1.54, 1.807) is 6.07 Å². The van der Waals surface area contributed by atoms with Crippen molar-refractivity contribution in [1.82, 2.24) is 15.0 Å². The van der Waals surface area contributed by atoms with Gasteiger partial charge in [-0.05, 0) is 109 Å². The normalized spacial score (nSPS) is 11.1. The summed E-state index contributed by atoms with van der Waals surface area (Å²) in [5.74, 6) is 1.62. The van der Waals surface area contributed by atoms with E-state index in [0.29, 0.717) is 23.7 Å². The summed E-state index contributed by atoms with van der Waals surface area (Å²) in [6.45, 7) is 18.2. The van der Waals surface area contributed by atoms with E-state index >= 15 is 0 Å². The number of pyridine rings is 3. The average Bonchev–Trinajstić information content (AvgIpc) is 3.43. The molecule has 5 heteroatoms. The van der Waals surface area contributed by atoms with Gasteiger partial charge in [0.2, 0.25) is 0 Å². The van der Waals surface area contributed by atoms with E-state index in [0.717, 1.165) is 50.5 Å². The van der Waals surface area contributed by atoms with Crippen LogP contribution in [0.4, 0.5) is 0 Å². The van der Waals surface area contributed by atoms with Crippen LogP contribution in [0.2, 0.25) is 0 Å². The summed E-state index contributed by atoms with van der Waals surface area (Å²) in [5.41, 5.74) is 22.3. The van der Waals surface area contributed by atoms with Crippen molar-refractivity contribution >= 4 is 0 Å². The Bertz CT molecular complexity index is 3330. The van der Waals surface area contributed by atoms with Crippen LogP contribution < -0.4 is 0 Å². The second kappa shape index (κ2) is 24.0. The summed E-state index contributed by atoms with van der Waals surface area (Å²) in [6, 6.07) is 72.1. The van der Waals surface area contributed by atoms with E-state index in [9.17, 15) is 5.11 Å². The van der Waals surface area contributed by atoms with Crippen molar-refractivity contribution in [3.05, 3.63) is 241 Å². The maximum Gasteiger partial charge on any atom is 0.0901 e. The monoisotopic (exact) mass is 1140 g/mol. The number of hydrogen-bond donors (Lipinski definition) is 1. The van der Waals surface area contributed by atoms with Crippen LogP contribution in [0, 0.1) is 12.1 Å². The van der Waals surface area contributed by atoms with E-state index in [1.165, 1.54) is 61.2 Å². The molecule has 3 heterocycles. The molecule has 0 bridgehead atoms. The van der Waals surface area contributed by atoms with Crippen LogP contribution in [-0.4, -0.2) is 20.1 Å². The number of phenolic OH excluding ortho intramolecular Hbond substituents is 1. The molecule has 10 aromatic rings. The predicted octanol–water partition coefficient (Wildman–Crippen LogP) is 18.7. The average molecular weight is 1140 g/mol. The van der Waals surface area contributed by atoms with Crippen molar-refractivity contribution in [2.45, 2.75) is 79.1 Å². The maximum atomic E-state index is 10.7. The Balaban J connectivity index is 0.000000194. The smallest absolute Gasteiger partial charge is 0.0901 e. The summed E-state index contributed by atoms with van der Waals surface area (Å²) >= 11 is 0. The third-order valence-corrected chi connectivity index (χ3v) is 13.4. The largest absolute Gasteiger partial charge is 0.515 e. The molecule has 0 fully saturated rings. The molecular formula is C69H63IrN3O-2. The zero-order chi connectivity index (χ0) is 51.0. The molecule has 0 aliphatic carbocycles. The molecule has 1 N–H and O–H groups in total. The minimum absolute atomic E-state index is 0. The van der Waals surface area contributed by atoms with Crippen LogP contribution in [-0.2, 0) is 20.1 Å². The van der Waals surface area contributed by atoms with Gasteiger partial charge in [0.15, 0.2) is 0 Å². The minimum atomic E-state index is 0. The van der Waals surface area contributed by atoms with Crippen LogP contribution in [0.1, 0.15) is 101 Å². The molecule has 0 unspecified atom stereocenters. The van der Waals surface area contributed by atoms with Gasteiger partial charge in [-0.15, -0.1) is 42.0 Å². The Morgan fingerprint density at radius 1 is 0.324 bits per heavy atom. The molecule has 10 rings (SSSR count). The van der Waals surface area contributed by atoms with E-state index in [4.69, 9.17) is 0 Å². The number of rotatable bonds is 12. The second-order valence-corrected chi connectivity index (χ2v) is 20.0. The Morgan fingerprint density at radius 3 is 0.959 bits per heavy atom. The quantitative estimate of drug-likeness (QED) is 0.124. The van der Waals surface area contributed by atoms with Crippen molar-refractivity contribution in [3.63, 3.8) is 0 Å². The summed E-state index contributed by atoms with van der Waals surface area (Å²) in [7, 11) is 0. The van der Waals surface area contributed by atoms with Gasteiger partial charge >= 0.3 is 0 Å². The van der Waals surface area contributed by atoms with Gasteiger partial charge in [-0.1, -0.05) is 223 Å². The SMILES string of the molecule is CC(C)c1cc(-c2ccccc2)cc(C(C)C)c1-c1cc(-c2ccccn2)[c-]c(-c2ccccc2O)c1.CC(C)c1cc(-c2ccccc2)cc(C(C)C)c1-c1cc(-c2ccccn2)[c-]c(-c2ccccn2)c1.[Ir]. The summed E-state index contributed by atoms with van der Waals surface area (Å²) < 4.78 is 0. The maximum absolute atomic E-state index is 10.7. The topological polar surface area (TPSA) is 58.9 Å². The molecule has 7 aromatic carbocycles. The van der Waals surface area contributed by atoms with Crippen LogP contribution in [0.25, 0.3) is 89.4 Å². The number of benzene rings is 7. The summed E-state index contributed by atoms with van der Waals surface area (Å²) in [6.07, 6.45) is 5.48. The van der Waals surface area contributed by atoms with Gasteiger partial charge in [0.25, 0.3) is 0 Å². The molecule has 0 spiro atoms. The molecular weight excluding hydrogens is 1080 g/mol. The van der Waals surface area contributed by atoms with E-state index in [1.807, 2.05) is 91.4 Å². The molecule has 0 saturated heterocycles. The van der Waals surface area contributed by atoms with Crippen LogP contribution in [0.3, 0.4) is 0 Å². The van der Waals surface area contributed by atoms with Gasteiger partial charge < -0.3 is 5.11 Å². The molecule has 4 nitrogen and oxygen atoms in total. The predicted molar refractivity (Wildman–Crippen MR) is 305 cm³/mol. The van der Waals surface area contributed by atoms with Crippen LogP contribution in [0.5, 0.6) is 5.75 Å². The zero-order valence-corrected chi connectivity index (χ0v) is 46.0. The third-order valence-electron chi connectivity index (χ3n) is 13.4. The first-order chi connectivity index (χ1) is 35.4. The van der Waals surface area contributed by atoms with E-state index < -0.39 is 0 Å². The molecule has 0 atom stereocenters. The number of aromatic hydroxyl groups is 1. The van der Waals surface area contributed by atoms with Crippen LogP contribution in [0.15, 0.2) is 207 Å². The van der Waals surface area contributed by atoms with Crippen molar-refractivity contribution in [2.75, 3.05) is 0 Å². The standard InChI is InChI=1S/C35H32NO.C34H31N2.Ir/c1-23(2)31-21-26(25-12-6-5-7-13-25)22-32(24(3)4)35(31)29-19-27(30-14-8-9-16-34(30)37)18-28(20-29)33-15-10-11-17-36-33;1-23(2)30-21-26(25-12-6-5-7-13-25)22-31(24(3)4)34(30)29-19-27(32-14-8-10-16-35-32)18-28(20-29)33-15-9-11-17-36-33;/h5-17,19-24,37H,1-4H3;5-17,19-24H,1-4H3;/q2*-1;. The number of hydrogen-bond acceptors (Lipinski definition) is 4. The molecule has 1 radical (unpaired) electrons. The van der Waals surface area contributed by atoms with E-state index in [-0.39, 0.29) is 25.9 Å². The molecule has 0 aliphatic rings. The fourth-order valence-corrected chi connectivity index (χ4v) is 9.71. The van der Waals surface area contributed by atoms with Gasteiger partial charge in [0.05, 0.1) is 5.75 Å². The first-order valence-corrected chi connectivity index (χ1v) is 25.6. The van der Waals surface area contributed by atoms with Crippen molar-refractivity contribution in [1.29, 1.82) is 0 Å². The summed E-state index contributed by atoms with van der Waals surface area (Å²) in [5, 5.41) is 10.7. The van der Waals surface area contributed by atoms with E-state index in [2.05, 4.69) is 192 Å². The molecule has 0 amide bonds. The molecule has 0 aliphatic heterocycles. The molecule has 0 saturated carbocycles. The fourth-order valence-electron chi connectivity index (χ4n) is 9.71. The number of nitrogens with zero attached hydrogens (tertiary/aromatic N) is 3. The number of phenols is 1. The van der Waals surface area contributed by atoms with Gasteiger partial charge in [0, 0.05) is 55.8 Å². The molecule has 3 aromatic heterocycles. The Kier molecular flexibility index (Phi) is 17.1. The van der Waals surface area contributed by atoms with Gasteiger partial charge in [-0.2, -0.15) is 0 Å². The Morgan fingerprint density at radius 2 is 0.635 bits per heavy atom. The number of para-hydroxylation sites is 1. The number of aromatic nitrogens is 3.